The van der Waals surface area contributed by atoms with E-state index in [9.17, 15) is 10.5 Å². The number of benzene rings is 10. The van der Waals surface area contributed by atoms with E-state index in [1.165, 1.54) is 52.6 Å². The molecule has 14 rings (SSSR count). The minimum absolute atomic E-state index is 0.516. The molecule has 0 aliphatic heterocycles. The van der Waals surface area contributed by atoms with E-state index >= 15 is 0 Å². The second kappa shape index (κ2) is 14.7. The SMILES string of the molecule is N#Cc1ccccc1-c1cc(-c2cc(-n3c4ccccc4c4cc5c(cc43)sc3ccccc35)cc(-n3c4ccccc4c4c3ccc3c5ccccc5n(-c5ccccc5)c34)c2)ccc1C#N. The molecule has 5 nitrogen and oxygen atoms in total. The zero-order chi connectivity index (χ0) is 45.0. The van der Waals surface area contributed by atoms with Crippen molar-refractivity contribution in [2.75, 3.05) is 0 Å². The van der Waals surface area contributed by atoms with Gasteiger partial charge in [-0.25, -0.2) is 0 Å². The van der Waals surface area contributed by atoms with Gasteiger partial charge in [0.1, 0.15) is 0 Å². The fourth-order valence-corrected chi connectivity index (χ4v) is 12.1. The highest BCUT2D eigenvalue weighted by Gasteiger charge is 2.23. The predicted octanol–water partition coefficient (Wildman–Crippen LogP) is 16.4. The Bertz CT molecular complexity index is 4530. The number of nitrogens with zero attached hydrogens (tertiary/aromatic N) is 5. The fourth-order valence-electron chi connectivity index (χ4n) is 11.0. The summed E-state index contributed by atoms with van der Waals surface area (Å²) in [6.45, 7) is 0. The van der Waals surface area contributed by atoms with E-state index in [1.807, 2.05) is 47.7 Å². The molecule has 0 atom stereocenters. The average Bonchev–Trinajstić information content (AvgIpc) is 4.14. The summed E-state index contributed by atoms with van der Waals surface area (Å²) in [6.07, 6.45) is 0. The van der Waals surface area contributed by atoms with Crippen molar-refractivity contribution in [3.8, 4) is 51.5 Å². The Hall–Kier alpha value is -9.20. The summed E-state index contributed by atoms with van der Waals surface area (Å²) in [4.78, 5) is 0. The van der Waals surface area contributed by atoms with Gasteiger partial charge < -0.3 is 13.7 Å². The lowest BCUT2D eigenvalue weighted by Crippen LogP contribution is -2.00. The second-order valence-corrected chi connectivity index (χ2v) is 18.6. The van der Waals surface area contributed by atoms with Crippen molar-refractivity contribution in [1.29, 1.82) is 10.5 Å². The molecule has 0 spiro atoms. The van der Waals surface area contributed by atoms with Crippen LogP contribution in [0.1, 0.15) is 11.1 Å². The fraction of sp³-hybridized carbons (Fsp3) is 0. The van der Waals surface area contributed by atoms with Gasteiger partial charge in [-0.2, -0.15) is 10.5 Å². The monoisotopic (exact) mass is 881 g/mol. The summed E-state index contributed by atoms with van der Waals surface area (Å²) in [5.74, 6) is 0. The molecule has 0 aliphatic rings. The lowest BCUT2D eigenvalue weighted by molar-refractivity contribution is 1.13. The predicted molar refractivity (Wildman–Crippen MR) is 283 cm³/mol. The van der Waals surface area contributed by atoms with E-state index in [1.54, 1.807) is 0 Å². The molecule has 0 unspecified atom stereocenters. The molecule has 0 saturated heterocycles. The van der Waals surface area contributed by atoms with Crippen LogP contribution < -0.4 is 0 Å². The highest BCUT2D eigenvalue weighted by Crippen LogP contribution is 2.45. The Morgan fingerprint density at radius 1 is 0.324 bits per heavy atom. The van der Waals surface area contributed by atoms with Gasteiger partial charge in [0.2, 0.25) is 0 Å². The number of aromatic nitrogens is 3. The van der Waals surface area contributed by atoms with Gasteiger partial charge >= 0.3 is 0 Å². The van der Waals surface area contributed by atoms with Crippen molar-refractivity contribution >= 4 is 96.9 Å². The molecule has 4 heterocycles. The molecule has 0 fully saturated rings. The van der Waals surface area contributed by atoms with E-state index in [2.05, 4.69) is 202 Å². The molecule has 0 radical (unpaired) electrons. The number of rotatable bonds is 5. The number of fused-ring (bicyclic) bond motifs is 13. The molecule has 0 aliphatic carbocycles. The minimum Gasteiger partial charge on any atom is -0.309 e. The van der Waals surface area contributed by atoms with Gasteiger partial charge in [0, 0.05) is 80.7 Å². The molecule has 0 saturated carbocycles. The maximum atomic E-state index is 10.4. The minimum atomic E-state index is 0.516. The lowest BCUT2D eigenvalue weighted by Gasteiger charge is -2.17. The van der Waals surface area contributed by atoms with Gasteiger partial charge in [0.25, 0.3) is 0 Å². The molecule has 4 aromatic heterocycles. The van der Waals surface area contributed by atoms with Crippen molar-refractivity contribution < 1.29 is 0 Å². The van der Waals surface area contributed by atoms with Gasteiger partial charge in [-0.15, -0.1) is 11.3 Å². The average molecular weight is 882 g/mol. The highest BCUT2D eigenvalue weighted by molar-refractivity contribution is 7.25. The third-order valence-electron chi connectivity index (χ3n) is 13.9. The first-order chi connectivity index (χ1) is 33.6. The van der Waals surface area contributed by atoms with Gasteiger partial charge in [0.05, 0.1) is 56.4 Å². The van der Waals surface area contributed by atoms with Crippen molar-refractivity contribution in [3.05, 3.63) is 223 Å². The molecule has 10 aromatic carbocycles. The molecule has 0 N–H and O–H groups in total. The number of nitriles is 2. The van der Waals surface area contributed by atoms with Gasteiger partial charge in [0.15, 0.2) is 0 Å². The van der Waals surface area contributed by atoms with Crippen molar-refractivity contribution in [2.45, 2.75) is 0 Å². The van der Waals surface area contributed by atoms with Crippen LogP contribution in [0.4, 0.5) is 0 Å². The van der Waals surface area contributed by atoms with E-state index in [-0.39, 0.29) is 0 Å². The molecular weight excluding hydrogens is 847 g/mol. The Morgan fingerprint density at radius 2 is 0.926 bits per heavy atom. The Kier molecular flexibility index (Phi) is 8.21. The molecule has 6 heteroatoms. The maximum Gasteiger partial charge on any atom is 0.0998 e. The first-order valence-corrected chi connectivity index (χ1v) is 23.5. The van der Waals surface area contributed by atoms with Gasteiger partial charge in [-0.3, -0.25) is 0 Å². The molecular formula is C62H35N5S. The van der Waals surface area contributed by atoms with Crippen LogP contribution in [0, 0.1) is 22.7 Å². The molecule has 314 valence electrons. The standard InChI is InChI=1S/C62H35N5S/c63-36-39-14-4-5-17-45(39)51-32-38(26-27-40(51)37-64)41-30-43(33-44(31-41)66-54-22-10-7-19-47(54)52-34-53-48-20-9-13-25-59(48)68-60(53)35-58(52)66)65-56-24-12-8-21-50(56)61-57(65)29-28-49-46-18-6-11-23-55(46)67(62(49)61)42-15-2-1-3-16-42/h1-35H. The van der Waals surface area contributed by atoms with Gasteiger partial charge in [-0.05, 0) is 102 Å². The van der Waals surface area contributed by atoms with E-state index in [4.69, 9.17) is 0 Å². The summed E-state index contributed by atoms with van der Waals surface area (Å²) in [7, 11) is 0. The van der Waals surface area contributed by atoms with Gasteiger partial charge in [-0.1, -0.05) is 121 Å². The molecule has 14 aromatic rings. The largest absolute Gasteiger partial charge is 0.309 e. The van der Waals surface area contributed by atoms with Crippen LogP contribution in [0.5, 0.6) is 0 Å². The molecule has 0 bridgehead atoms. The summed E-state index contributed by atoms with van der Waals surface area (Å²) in [5, 5.41) is 30.3. The van der Waals surface area contributed by atoms with Crippen LogP contribution in [0.25, 0.3) is 125 Å². The third kappa shape index (κ3) is 5.47. The third-order valence-corrected chi connectivity index (χ3v) is 15.0. The smallest absolute Gasteiger partial charge is 0.0998 e. The number of thiophene rings is 1. The highest BCUT2D eigenvalue weighted by atomic mass is 32.1. The summed E-state index contributed by atoms with van der Waals surface area (Å²) in [6, 6.07) is 80.2. The summed E-state index contributed by atoms with van der Waals surface area (Å²) >= 11 is 1.83. The summed E-state index contributed by atoms with van der Waals surface area (Å²) in [5.41, 5.74) is 14.3. The van der Waals surface area contributed by atoms with E-state index in [0.29, 0.717) is 11.1 Å². The quantitative estimate of drug-likeness (QED) is 0.173. The molecule has 0 amide bonds. The van der Waals surface area contributed by atoms with Crippen molar-refractivity contribution in [2.24, 2.45) is 0 Å². The first-order valence-electron chi connectivity index (χ1n) is 22.7. The van der Waals surface area contributed by atoms with E-state index < -0.39 is 0 Å². The number of hydrogen-bond acceptors (Lipinski definition) is 3. The second-order valence-electron chi connectivity index (χ2n) is 17.5. The zero-order valence-electron chi connectivity index (χ0n) is 36.4. The van der Waals surface area contributed by atoms with Crippen LogP contribution in [0.15, 0.2) is 212 Å². The number of hydrogen-bond donors (Lipinski definition) is 0. The Morgan fingerprint density at radius 3 is 1.69 bits per heavy atom. The van der Waals surface area contributed by atoms with Crippen molar-refractivity contribution in [1.82, 2.24) is 13.7 Å². The number of para-hydroxylation sites is 4. The zero-order valence-corrected chi connectivity index (χ0v) is 37.2. The lowest BCUT2D eigenvalue weighted by atomic mass is 9.92. The summed E-state index contributed by atoms with van der Waals surface area (Å²) < 4.78 is 9.80. The normalized spacial score (nSPS) is 11.8. The Balaban J connectivity index is 1.11. The van der Waals surface area contributed by atoms with Crippen LogP contribution in [0.3, 0.4) is 0 Å². The van der Waals surface area contributed by atoms with Crippen LogP contribution in [0.2, 0.25) is 0 Å². The van der Waals surface area contributed by atoms with Crippen LogP contribution in [-0.4, -0.2) is 13.7 Å². The maximum absolute atomic E-state index is 10.4. The van der Waals surface area contributed by atoms with Crippen LogP contribution >= 0.6 is 11.3 Å². The topological polar surface area (TPSA) is 62.4 Å². The Labute approximate surface area is 394 Å². The molecule has 68 heavy (non-hydrogen) atoms. The van der Waals surface area contributed by atoms with Crippen LogP contribution in [-0.2, 0) is 0 Å². The first kappa shape index (κ1) is 38.1. The van der Waals surface area contributed by atoms with Crippen molar-refractivity contribution in [3.63, 3.8) is 0 Å². The van der Waals surface area contributed by atoms with E-state index in [0.717, 1.165) is 72.3 Å².